The summed E-state index contributed by atoms with van der Waals surface area (Å²) in [5, 5.41) is 11.0. The van der Waals surface area contributed by atoms with Gasteiger partial charge in [-0.05, 0) is 109 Å². The molecule has 0 aromatic heterocycles. The number of aliphatic hydroxyl groups is 1. The van der Waals surface area contributed by atoms with Gasteiger partial charge in [-0.2, -0.15) is 0 Å². The molecular weight excluding hydrogens is 861 g/mol. The molecular formula is C49H74O17. The molecule has 17 heteroatoms. The first-order valence-corrected chi connectivity index (χ1v) is 23.4. The number of aliphatic hydroxyl groups excluding tert-OH is 1. The number of allylic oxidation sites excluding steroid dienone is 2. The molecule has 1 unspecified atom stereocenters. The average molecular weight is 935 g/mol. The maximum absolute atomic E-state index is 13.8. The van der Waals surface area contributed by atoms with Gasteiger partial charge in [0.2, 0.25) is 6.10 Å². The van der Waals surface area contributed by atoms with Crippen LogP contribution in [0.25, 0.3) is 0 Å². The molecule has 4 saturated carbocycles. The van der Waals surface area contributed by atoms with E-state index in [0.29, 0.717) is 12.3 Å². The Morgan fingerprint density at radius 2 is 1.41 bits per heavy atom. The van der Waals surface area contributed by atoms with Crippen molar-refractivity contribution in [1.82, 2.24) is 0 Å². The molecule has 0 amide bonds. The van der Waals surface area contributed by atoms with Crippen LogP contribution >= 0.6 is 0 Å². The number of hydrogen-bond donors (Lipinski definition) is 1. The predicted octanol–water partition coefficient (Wildman–Crippen LogP) is 5.54. The van der Waals surface area contributed by atoms with Crippen LogP contribution in [-0.2, 0) is 76.1 Å². The zero-order valence-corrected chi connectivity index (χ0v) is 41.2. The van der Waals surface area contributed by atoms with E-state index in [-0.39, 0.29) is 39.5 Å². The van der Waals surface area contributed by atoms with Crippen LogP contribution in [0.15, 0.2) is 11.6 Å². The summed E-state index contributed by atoms with van der Waals surface area (Å²) in [5.41, 5.74) is 0.193. The van der Waals surface area contributed by atoms with E-state index in [0.717, 1.165) is 93.0 Å². The Bertz CT molecular complexity index is 1910. The Hall–Kier alpha value is -3.64. The monoisotopic (exact) mass is 934 g/mol. The van der Waals surface area contributed by atoms with Gasteiger partial charge in [-0.25, -0.2) is 14.4 Å². The minimum atomic E-state index is -2.19. The van der Waals surface area contributed by atoms with Crippen LogP contribution in [0.4, 0.5) is 0 Å². The highest BCUT2D eigenvalue weighted by molar-refractivity contribution is 5.79. The molecule has 6 rings (SSSR count). The molecule has 5 fully saturated rings. The Labute approximate surface area is 388 Å². The van der Waals surface area contributed by atoms with Crippen molar-refractivity contribution < 1.29 is 81.2 Å². The van der Waals surface area contributed by atoms with Crippen molar-refractivity contribution in [2.24, 2.45) is 50.2 Å². The lowest BCUT2D eigenvalue weighted by atomic mass is 9.33. The van der Waals surface area contributed by atoms with Crippen LogP contribution in [0.2, 0.25) is 0 Å². The molecule has 1 heterocycles. The third-order valence-corrected chi connectivity index (χ3v) is 17.6. The largest absolute Gasteiger partial charge is 0.469 e. The quantitative estimate of drug-likeness (QED) is 0.0789. The molecule has 15 atom stereocenters. The third kappa shape index (κ3) is 8.93. The fraction of sp³-hybridized carbons (Fsp3) is 0.837. The second-order valence-corrected chi connectivity index (χ2v) is 21.8. The maximum Gasteiger partial charge on any atom is 0.340 e. The van der Waals surface area contributed by atoms with Gasteiger partial charge < -0.3 is 52.5 Å². The van der Waals surface area contributed by atoms with Gasteiger partial charge >= 0.3 is 35.8 Å². The summed E-state index contributed by atoms with van der Waals surface area (Å²) in [5.74, 6) is -4.31. The Balaban J connectivity index is 1.34. The van der Waals surface area contributed by atoms with Crippen molar-refractivity contribution in [2.75, 3.05) is 35.0 Å². The van der Waals surface area contributed by atoms with Gasteiger partial charge in [0.05, 0.1) is 40.0 Å². The summed E-state index contributed by atoms with van der Waals surface area (Å²) in [6, 6.07) is 0. The standard InChI is InChI=1S/C49H74O17/c1-26(50)62-35-36(65-41(34(53)39(54)58-11)61-25-33(52)57-10)38(63-27(2)51)42(66-37(35)40(55)59-12)64-32-17-18-46(7)30(45(32,5)6)16-19-48(9)31(46)15-14-28-29-24-44(3,4)20-22-49(29,43(56)60-13)23-21-47(28,48)8/h14,29-32,34-38,41-42,53H,15-25H2,1-13H3/t29-,30?,31+,32-,34+,35-,36-,37-,38+,41-,42+,46-,47+,48+,49-/m0/s1. The highest BCUT2D eigenvalue weighted by Crippen LogP contribution is 2.76. The molecule has 6 aliphatic rings. The van der Waals surface area contributed by atoms with E-state index >= 15 is 0 Å². The number of carbonyl (C=O) groups is 6. The van der Waals surface area contributed by atoms with Crippen LogP contribution < -0.4 is 0 Å². The van der Waals surface area contributed by atoms with E-state index in [1.807, 2.05) is 0 Å². The SMILES string of the molecule is COC(=O)CO[C@@H](O[C@@H]1[C@@H](OC(C)=O)[C@H](O[C@H]2CC[C@@]3(C)C(CC[C@]4(C)[C@@H]3CC=C3[C@@H]5CC(C)(C)CC[C@]5(C(=O)OC)CC[C@]34C)C2(C)C)O[C@H](C(=O)OC)[C@H]1OC(C)=O)[C@H](O)C(=O)OC. The first kappa shape index (κ1) is 51.7. The van der Waals surface area contributed by atoms with Crippen molar-refractivity contribution in [3.8, 4) is 0 Å². The van der Waals surface area contributed by atoms with Crippen molar-refractivity contribution in [3.05, 3.63) is 11.6 Å². The van der Waals surface area contributed by atoms with Gasteiger partial charge in [-0.15, -0.1) is 0 Å². The van der Waals surface area contributed by atoms with Crippen LogP contribution in [0.3, 0.4) is 0 Å². The molecule has 1 N–H and O–H groups in total. The molecule has 0 bridgehead atoms. The minimum absolute atomic E-state index is 0.0614. The van der Waals surface area contributed by atoms with Crippen molar-refractivity contribution in [3.63, 3.8) is 0 Å². The Kier molecular flexibility index (Phi) is 14.9. The number of hydrogen-bond acceptors (Lipinski definition) is 17. The fourth-order valence-electron chi connectivity index (χ4n) is 14.0. The smallest absolute Gasteiger partial charge is 0.340 e. The molecule has 0 aromatic rings. The average Bonchev–Trinajstić information content (AvgIpc) is 3.25. The second-order valence-electron chi connectivity index (χ2n) is 21.8. The van der Waals surface area contributed by atoms with Crippen LogP contribution in [-0.4, -0.2) is 125 Å². The summed E-state index contributed by atoms with van der Waals surface area (Å²) >= 11 is 0. The van der Waals surface area contributed by atoms with Gasteiger partial charge in [0.25, 0.3) is 0 Å². The predicted molar refractivity (Wildman–Crippen MR) is 232 cm³/mol. The normalized spacial score (nSPS) is 39.6. The Morgan fingerprint density at radius 3 is 2.02 bits per heavy atom. The topological polar surface area (TPSA) is 215 Å². The summed E-state index contributed by atoms with van der Waals surface area (Å²) < 4.78 is 56.3. The van der Waals surface area contributed by atoms with Gasteiger partial charge in [-0.1, -0.05) is 60.1 Å². The maximum atomic E-state index is 13.8. The summed E-state index contributed by atoms with van der Waals surface area (Å²) in [6.45, 7) is 17.8. The fourth-order valence-corrected chi connectivity index (χ4v) is 14.0. The van der Waals surface area contributed by atoms with Gasteiger partial charge in [0.1, 0.15) is 12.7 Å². The number of methoxy groups -OCH3 is 4. The molecule has 0 aromatic carbocycles. The lowest BCUT2D eigenvalue weighted by Gasteiger charge is -2.71. The first-order valence-electron chi connectivity index (χ1n) is 23.4. The van der Waals surface area contributed by atoms with E-state index in [9.17, 15) is 33.9 Å². The lowest BCUT2D eigenvalue weighted by molar-refractivity contribution is -0.347. The highest BCUT2D eigenvalue weighted by atomic mass is 16.8. The summed E-state index contributed by atoms with van der Waals surface area (Å²) in [4.78, 5) is 77.6. The lowest BCUT2D eigenvalue weighted by Crippen LogP contribution is -2.67. The van der Waals surface area contributed by atoms with Crippen molar-refractivity contribution in [1.29, 1.82) is 0 Å². The molecule has 66 heavy (non-hydrogen) atoms. The van der Waals surface area contributed by atoms with E-state index < -0.39 is 96.5 Å². The summed E-state index contributed by atoms with van der Waals surface area (Å²) in [7, 11) is 4.74. The zero-order valence-electron chi connectivity index (χ0n) is 41.2. The van der Waals surface area contributed by atoms with Gasteiger partial charge in [0.15, 0.2) is 30.9 Å². The molecule has 1 saturated heterocycles. The van der Waals surface area contributed by atoms with Crippen LogP contribution in [0, 0.1) is 50.2 Å². The first-order chi connectivity index (χ1) is 30.8. The van der Waals surface area contributed by atoms with E-state index in [1.165, 1.54) is 12.7 Å². The molecule has 5 aliphatic carbocycles. The number of ether oxygens (including phenoxy) is 10. The van der Waals surface area contributed by atoms with E-state index in [2.05, 4.69) is 59.3 Å². The van der Waals surface area contributed by atoms with Crippen LogP contribution in [0.5, 0.6) is 0 Å². The molecule has 372 valence electrons. The summed E-state index contributed by atoms with van der Waals surface area (Å²) in [6.07, 6.45) is -1.98. The van der Waals surface area contributed by atoms with Crippen molar-refractivity contribution in [2.45, 2.75) is 176 Å². The van der Waals surface area contributed by atoms with Gasteiger partial charge in [0, 0.05) is 13.8 Å². The van der Waals surface area contributed by atoms with Gasteiger partial charge in [-0.3, -0.25) is 14.4 Å². The Morgan fingerprint density at radius 1 is 0.758 bits per heavy atom. The second kappa shape index (κ2) is 19.0. The number of fused-ring (bicyclic) bond motifs is 7. The number of rotatable bonds is 13. The third-order valence-electron chi connectivity index (χ3n) is 17.6. The minimum Gasteiger partial charge on any atom is -0.469 e. The van der Waals surface area contributed by atoms with Crippen molar-refractivity contribution >= 4 is 35.8 Å². The van der Waals surface area contributed by atoms with E-state index in [4.69, 9.17) is 42.6 Å². The molecule has 0 spiro atoms. The molecule has 17 nitrogen and oxygen atoms in total. The number of carbonyl (C=O) groups excluding carboxylic acids is 6. The molecule has 1 aliphatic heterocycles. The van der Waals surface area contributed by atoms with Crippen LogP contribution in [0.1, 0.15) is 127 Å². The molecule has 0 radical (unpaired) electrons. The number of esters is 6. The zero-order chi connectivity index (χ0) is 48.9. The van der Waals surface area contributed by atoms with E-state index in [1.54, 1.807) is 0 Å². The highest BCUT2D eigenvalue weighted by Gasteiger charge is 2.70.